The second-order valence-corrected chi connectivity index (χ2v) is 7.39. The fourth-order valence-electron chi connectivity index (χ4n) is 2.79. The third-order valence-electron chi connectivity index (χ3n) is 4.44. The van der Waals surface area contributed by atoms with Crippen molar-refractivity contribution in [2.24, 2.45) is 0 Å². The molecule has 0 spiro atoms. The van der Waals surface area contributed by atoms with Gasteiger partial charge >= 0.3 is 23.9 Å². The monoisotopic (exact) mass is 480 g/mol. The minimum atomic E-state index is -1.82. The van der Waals surface area contributed by atoms with E-state index >= 15 is 0 Å². The van der Waals surface area contributed by atoms with Crippen molar-refractivity contribution in [1.29, 1.82) is 0 Å². The van der Waals surface area contributed by atoms with E-state index in [1.54, 1.807) is 0 Å². The van der Waals surface area contributed by atoms with Crippen LogP contribution >= 0.6 is 11.6 Å². The van der Waals surface area contributed by atoms with Crippen molar-refractivity contribution < 1.29 is 39.6 Å². The van der Waals surface area contributed by atoms with Crippen LogP contribution in [0, 0.1) is 6.92 Å². The number of anilines is 1. The molecule has 178 valence electrons. The second-order valence-electron chi connectivity index (χ2n) is 6.95. The summed E-state index contributed by atoms with van der Waals surface area (Å²) in [5, 5.41) is 30.4. The predicted molar refractivity (Wildman–Crippen MR) is 121 cm³/mol. The molecule has 33 heavy (non-hydrogen) atoms. The van der Waals surface area contributed by atoms with Crippen LogP contribution in [0.2, 0.25) is 5.02 Å². The average Bonchev–Trinajstić information content (AvgIpc) is 2.76. The molecule has 1 aliphatic rings. The molecule has 0 atom stereocenters. The lowest BCUT2D eigenvalue weighted by Crippen LogP contribution is -2.45. The topological polar surface area (TPSA) is 156 Å². The molecule has 1 heterocycles. The molecule has 1 saturated heterocycles. The summed E-state index contributed by atoms with van der Waals surface area (Å²) in [6, 6.07) is 17.0. The van der Waals surface area contributed by atoms with E-state index in [1.165, 1.54) is 16.8 Å². The summed E-state index contributed by atoms with van der Waals surface area (Å²) in [5.41, 5.74) is 3.96. The van der Waals surface area contributed by atoms with Crippen molar-refractivity contribution in [2.75, 3.05) is 31.1 Å². The Bertz CT molecular complexity index is 909. The third kappa shape index (κ3) is 11.0. The van der Waals surface area contributed by atoms with Crippen LogP contribution in [-0.2, 0) is 25.7 Å². The Balaban J connectivity index is 0.000000377. The highest BCUT2D eigenvalue weighted by atomic mass is 35.5. The van der Waals surface area contributed by atoms with Crippen LogP contribution in [0.1, 0.15) is 11.1 Å². The first kappa shape index (κ1) is 27.4. The van der Waals surface area contributed by atoms with Crippen LogP contribution in [0.5, 0.6) is 0 Å². The SMILES string of the molecule is Cc1ccc(CN2CCN(c3cccc(Cl)c3)CC2)cc1.O=C(O)C(=O)O.O=C(O)C(=O)O. The molecule has 3 rings (SSSR count). The molecule has 2 aromatic carbocycles. The number of benzene rings is 2. The van der Waals surface area contributed by atoms with E-state index in [0.717, 1.165) is 37.7 Å². The first-order valence-electron chi connectivity index (χ1n) is 9.70. The molecule has 11 heteroatoms. The highest BCUT2D eigenvalue weighted by Gasteiger charge is 2.17. The van der Waals surface area contributed by atoms with Crippen LogP contribution in [0.3, 0.4) is 0 Å². The highest BCUT2D eigenvalue weighted by Crippen LogP contribution is 2.21. The van der Waals surface area contributed by atoms with Gasteiger partial charge in [0.25, 0.3) is 0 Å². The van der Waals surface area contributed by atoms with E-state index < -0.39 is 23.9 Å². The molecule has 2 aromatic rings. The fourth-order valence-corrected chi connectivity index (χ4v) is 2.97. The molecule has 0 amide bonds. The number of carboxylic acids is 4. The van der Waals surface area contributed by atoms with Crippen molar-refractivity contribution in [3.63, 3.8) is 0 Å². The summed E-state index contributed by atoms with van der Waals surface area (Å²) < 4.78 is 0. The largest absolute Gasteiger partial charge is 0.473 e. The Kier molecular flexibility index (Phi) is 11.4. The van der Waals surface area contributed by atoms with Crippen molar-refractivity contribution in [2.45, 2.75) is 13.5 Å². The van der Waals surface area contributed by atoms with Gasteiger partial charge in [0.15, 0.2) is 0 Å². The maximum atomic E-state index is 9.10. The number of carboxylic acid groups (broad SMARTS) is 4. The summed E-state index contributed by atoms with van der Waals surface area (Å²) in [6.45, 7) is 7.50. The zero-order chi connectivity index (χ0) is 25.0. The molecular formula is C22H25ClN2O8. The summed E-state index contributed by atoms with van der Waals surface area (Å²) in [5.74, 6) is -7.30. The van der Waals surface area contributed by atoms with Crippen molar-refractivity contribution >= 4 is 41.2 Å². The molecule has 4 N–H and O–H groups in total. The normalized spacial score (nSPS) is 13.0. The first-order chi connectivity index (χ1) is 15.5. The van der Waals surface area contributed by atoms with Crippen LogP contribution in [-0.4, -0.2) is 75.4 Å². The van der Waals surface area contributed by atoms with Crippen LogP contribution in [0.15, 0.2) is 48.5 Å². The minimum absolute atomic E-state index is 0.814. The Hall–Kier alpha value is -3.63. The number of aliphatic carboxylic acids is 4. The van der Waals surface area contributed by atoms with E-state index in [2.05, 4.69) is 53.1 Å². The quantitative estimate of drug-likeness (QED) is 0.480. The average molecular weight is 481 g/mol. The van der Waals surface area contributed by atoms with Gasteiger partial charge in [0.05, 0.1) is 0 Å². The van der Waals surface area contributed by atoms with Crippen LogP contribution < -0.4 is 4.90 Å². The smallest absolute Gasteiger partial charge is 0.414 e. The Morgan fingerprint density at radius 2 is 1.27 bits per heavy atom. The maximum absolute atomic E-state index is 9.10. The summed E-state index contributed by atoms with van der Waals surface area (Å²) >= 11 is 6.08. The molecule has 0 aromatic heterocycles. The zero-order valence-corrected chi connectivity index (χ0v) is 18.6. The maximum Gasteiger partial charge on any atom is 0.414 e. The van der Waals surface area contributed by atoms with E-state index in [4.69, 9.17) is 51.2 Å². The number of hydrogen-bond donors (Lipinski definition) is 4. The van der Waals surface area contributed by atoms with E-state index in [1.807, 2.05) is 12.1 Å². The molecule has 0 radical (unpaired) electrons. The number of rotatable bonds is 3. The van der Waals surface area contributed by atoms with Gasteiger partial charge in [-0.1, -0.05) is 47.5 Å². The number of carbonyl (C=O) groups is 4. The van der Waals surface area contributed by atoms with Crippen molar-refractivity contribution in [3.8, 4) is 0 Å². The first-order valence-corrected chi connectivity index (χ1v) is 10.1. The molecule has 0 unspecified atom stereocenters. The van der Waals surface area contributed by atoms with Gasteiger partial charge in [-0.3, -0.25) is 4.90 Å². The van der Waals surface area contributed by atoms with Gasteiger partial charge in [0.1, 0.15) is 0 Å². The molecule has 0 saturated carbocycles. The number of aryl methyl sites for hydroxylation is 1. The van der Waals surface area contributed by atoms with Gasteiger partial charge in [0, 0.05) is 43.4 Å². The lowest BCUT2D eigenvalue weighted by molar-refractivity contribution is -0.159. The molecular weight excluding hydrogens is 456 g/mol. The second kappa shape index (κ2) is 13.7. The zero-order valence-electron chi connectivity index (χ0n) is 17.8. The van der Waals surface area contributed by atoms with E-state index in [0.29, 0.717) is 0 Å². The molecule has 1 fully saturated rings. The lowest BCUT2D eigenvalue weighted by Gasteiger charge is -2.36. The van der Waals surface area contributed by atoms with Crippen LogP contribution in [0.25, 0.3) is 0 Å². The fraction of sp³-hybridized carbons (Fsp3) is 0.273. The van der Waals surface area contributed by atoms with Gasteiger partial charge in [0.2, 0.25) is 0 Å². The standard InChI is InChI=1S/C18H21ClN2.2C2H2O4/c1-15-5-7-16(8-6-15)14-20-9-11-21(12-10-20)18-4-2-3-17(19)13-18;2*3-1(4)2(5)6/h2-8,13H,9-12,14H2,1H3;2*(H,3,4)(H,5,6). The van der Waals surface area contributed by atoms with Gasteiger partial charge in [-0.05, 0) is 30.7 Å². The molecule has 10 nitrogen and oxygen atoms in total. The number of hydrogen-bond acceptors (Lipinski definition) is 6. The molecule has 1 aliphatic heterocycles. The Labute approximate surface area is 195 Å². The minimum Gasteiger partial charge on any atom is -0.473 e. The molecule has 0 bridgehead atoms. The van der Waals surface area contributed by atoms with Gasteiger partial charge < -0.3 is 25.3 Å². The van der Waals surface area contributed by atoms with Crippen molar-refractivity contribution in [1.82, 2.24) is 4.90 Å². The number of halogens is 1. The summed E-state index contributed by atoms with van der Waals surface area (Å²) in [7, 11) is 0. The predicted octanol–water partition coefficient (Wildman–Crippen LogP) is 2.28. The Morgan fingerprint density at radius 3 is 1.70 bits per heavy atom. The van der Waals surface area contributed by atoms with Crippen molar-refractivity contribution in [3.05, 3.63) is 64.7 Å². The highest BCUT2D eigenvalue weighted by molar-refractivity contribution is 6.30. The summed E-state index contributed by atoms with van der Waals surface area (Å²) in [4.78, 5) is 41.3. The Morgan fingerprint density at radius 1 is 0.788 bits per heavy atom. The van der Waals surface area contributed by atoms with E-state index in [-0.39, 0.29) is 0 Å². The lowest BCUT2D eigenvalue weighted by atomic mass is 10.1. The molecule has 0 aliphatic carbocycles. The van der Waals surface area contributed by atoms with Gasteiger partial charge in [-0.25, -0.2) is 19.2 Å². The van der Waals surface area contributed by atoms with Gasteiger partial charge in [-0.2, -0.15) is 0 Å². The van der Waals surface area contributed by atoms with E-state index in [9.17, 15) is 0 Å². The number of nitrogens with zero attached hydrogens (tertiary/aromatic N) is 2. The number of piperazine rings is 1. The summed E-state index contributed by atoms with van der Waals surface area (Å²) in [6.07, 6.45) is 0. The van der Waals surface area contributed by atoms with Crippen LogP contribution in [0.4, 0.5) is 5.69 Å². The third-order valence-corrected chi connectivity index (χ3v) is 4.67. The van der Waals surface area contributed by atoms with Gasteiger partial charge in [-0.15, -0.1) is 0 Å².